The van der Waals surface area contributed by atoms with Gasteiger partial charge in [0.15, 0.2) is 5.65 Å². The molecule has 2 aromatic rings. The third-order valence-electron chi connectivity index (χ3n) is 7.06. The Kier molecular flexibility index (Phi) is 4.99. The maximum atomic E-state index is 13.0. The third-order valence-corrected chi connectivity index (χ3v) is 7.06. The van der Waals surface area contributed by atoms with Gasteiger partial charge in [-0.05, 0) is 93.8 Å². The molecule has 0 radical (unpaired) electrons. The Balaban J connectivity index is 1.34. The van der Waals surface area contributed by atoms with E-state index < -0.39 is 0 Å². The number of amides is 1. The monoisotopic (exact) mass is 379 g/mol. The van der Waals surface area contributed by atoms with Gasteiger partial charge in [0, 0.05) is 23.7 Å². The van der Waals surface area contributed by atoms with E-state index in [4.69, 9.17) is 0 Å². The summed E-state index contributed by atoms with van der Waals surface area (Å²) in [5.74, 6) is 2.18. The smallest absolute Gasteiger partial charge is 0.270 e. The van der Waals surface area contributed by atoms with Crippen molar-refractivity contribution in [1.29, 1.82) is 0 Å². The van der Waals surface area contributed by atoms with Crippen LogP contribution in [-0.2, 0) is 0 Å². The molecule has 148 valence electrons. The molecule has 6 heteroatoms. The molecular weight excluding hydrogens is 350 g/mol. The number of piperidine rings is 1. The number of aromatic nitrogens is 2. The average molecular weight is 380 g/mol. The lowest BCUT2D eigenvalue weighted by molar-refractivity contribution is 0.0904. The fraction of sp³-hybridized carbons (Fsp3) is 0.591. The molecule has 2 bridgehead atoms. The van der Waals surface area contributed by atoms with Crippen LogP contribution in [0.15, 0.2) is 30.5 Å². The molecular formula is C22H29N5O. The summed E-state index contributed by atoms with van der Waals surface area (Å²) in [5, 5.41) is 11.5. The molecule has 2 aromatic heterocycles. The van der Waals surface area contributed by atoms with Crippen molar-refractivity contribution >= 4 is 16.9 Å². The summed E-state index contributed by atoms with van der Waals surface area (Å²) in [4.78, 5) is 21.8. The quantitative estimate of drug-likeness (QED) is 0.742. The molecule has 0 spiro atoms. The van der Waals surface area contributed by atoms with Crippen molar-refractivity contribution in [2.45, 2.75) is 44.2 Å². The SMILES string of the molecule is O=C(NC(CC1C2CCC1CNC2)[C@@H]1CCCN1)c1ccc2cccnc2n1. The summed E-state index contributed by atoms with van der Waals surface area (Å²) in [5.41, 5.74) is 1.09. The minimum atomic E-state index is -0.0764. The number of rotatable bonds is 5. The summed E-state index contributed by atoms with van der Waals surface area (Å²) in [7, 11) is 0. The first-order valence-electron chi connectivity index (χ1n) is 10.7. The standard InChI is InChI=1S/C22H29N5O/c28-22(19-8-7-14-3-1-10-25-21(14)26-19)27-20(18-4-2-9-24-18)11-17-15-5-6-16(17)13-23-12-15/h1,3,7-8,10,15-18,20,23-24H,2,4-6,9,11-13H2,(H,27,28)/t15?,16?,17?,18-,20?/m0/s1. The van der Waals surface area contributed by atoms with Crippen molar-refractivity contribution in [1.82, 2.24) is 25.9 Å². The summed E-state index contributed by atoms with van der Waals surface area (Å²) in [6.45, 7) is 3.32. The lowest BCUT2D eigenvalue weighted by atomic mass is 9.80. The van der Waals surface area contributed by atoms with Crippen LogP contribution in [0.2, 0.25) is 0 Å². The minimum Gasteiger partial charge on any atom is -0.346 e. The lowest BCUT2D eigenvalue weighted by Crippen LogP contribution is -2.50. The van der Waals surface area contributed by atoms with Crippen molar-refractivity contribution < 1.29 is 4.79 Å². The third kappa shape index (κ3) is 3.51. The maximum Gasteiger partial charge on any atom is 0.270 e. The highest BCUT2D eigenvalue weighted by Gasteiger charge is 2.41. The van der Waals surface area contributed by atoms with E-state index in [9.17, 15) is 4.79 Å². The second-order valence-electron chi connectivity index (χ2n) is 8.68. The number of nitrogens with zero attached hydrogens (tertiary/aromatic N) is 2. The first-order valence-corrected chi connectivity index (χ1v) is 10.7. The molecule has 3 N–H and O–H groups in total. The highest BCUT2D eigenvalue weighted by Crippen LogP contribution is 2.42. The van der Waals surface area contributed by atoms with Crippen LogP contribution in [0, 0.1) is 17.8 Å². The largest absolute Gasteiger partial charge is 0.346 e. The second-order valence-corrected chi connectivity index (χ2v) is 8.68. The molecule has 2 saturated heterocycles. The summed E-state index contributed by atoms with van der Waals surface area (Å²) >= 11 is 0. The Hall–Kier alpha value is -2.05. The van der Waals surface area contributed by atoms with E-state index in [1.807, 2.05) is 24.3 Å². The van der Waals surface area contributed by atoms with Gasteiger partial charge in [0.1, 0.15) is 5.69 Å². The summed E-state index contributed by atoms with van der Waals surface area (Å²) in [6.07, 6.45) is 7.78. The number of carbonyl (C=O) groups excluding carboxylic acids is 1. The van der Waals surface area contributed by atoms with Crippen molar-refractivity contribution in [3.8, 4) is 0 Å². The van der Waals surface area contributed by atoms with Crippen LogP contribution in [0.1, 0.15) is 42.6 Å². The molecule has 4 atom stereocenters. The van der Waals surface area contributed by atoms with Gasteiger partial charge >= 0.3 is 0 Å². The fourth-order valence-corrected chi connectivity index (χ4v) is 5.58. The van der Waals surface area contributed by atoms with E-state index in [1.54, 1.807) is 6.20 Å². The van der Waals surface area contributed by atoms with Crippen LogP contribution < -0.4 is 16.0 Å². The molecule has 3 aliphatic rings. The van der Waals surface area contributed by atoms with E-state index in [-0.39, 0.29) is 11.9 Å². The Morgan fingerprint density at radius 3 is 2.82 bits per heavy atom. The van der Waals surface area contributed by atoms with Gasteiger partial charge in [0.05, 0.1) is 0 Å². The predicted molar refractivity (Wildman–Crippen MR) is 109 cm³/mol. The molecule has 4 heterocycles. The topological polar surface area (TPSA) is 78.9 Å². The highest BCUT2D eigenvalue weighted by atomic mass is 16.2. The van der Waals surface area contributed by atoms with Gasteiger partial charge < -0.3 is 16.0 Å². The van der Waals surface area contributed by atoms with Crippen LogP contribution in [0.25, 0.3) is 11.0 Å². The minimum absolute atomic E-state index is 0.0764. The molecule has 3 unspecified atom stereocenters. The molecule has 1 amide bonds. The molecule has 1 saturated carbocycles. The zero-order valence-electron chi connectivity index (χ0n) is 16.2. The van der Waals surface area contributed by atoms with Gasteiger partial charge in [0.25, 0.3) is 5.91 Å². The van der Waals surface area contributed by atoms with Crippen molar-refractivity contribution in [3.05, 3.63) is 36.2 Å². The average Bonchev–Trinajstić information content (AvgIpc) is 3.32. The first-order chi connectivity index (χ1) is 13.8. The zero-order chi connectivity index (χ0) is 18.9. The van der Waals surface area contributed by atoms with Gasteiger partial charge in [0.2, 0.25) is 0 Å². The molecule has 2 aliphatic heterocycles. The zero-order valence-corrected chi connectivity index (χ0v) is 16.2. The van der Waals surface area contributed by atoms with Crippen molar-refractivity contribution in [2.24, 2.45) is 17.8 Å². The van der Waals surface area contributed by atoms with Gasteiger partial charge in [-0.1, -0.05) is 0 Å². The molecule has 6 nitrogen and oxygen atoms in total. The number of hydrogen-bond donors (Lipinski definition) is 3. The Morgan fingerprint density at radius 1 is 1.18 bits per heavy atom. The van der Waals surface area contributed by atoms with Gasteiger partial charge in [-0.2, -0.15) is 0 Å². The first kappa shape index (κ1) is 18.0. The highest BCUT2D eigenvalue weighted by molar-refractivity contribution is 5.94. The lowest BCUT2D eigenvalue weighted by Gasteiger charge is -2.35. The Morgan fingerprint density at radius 2 is 2.04 bits per heavy atom. The van der Waals surface area contributed by atoms with Crippen LogP contribution in [-0.4, -0.2) is 47.6 Å². The normalized spacial score (nSPS) is 30.4. The van der Waals surface area contributed by atoms with Crippen LogP contribution in [0.3, 0.4) is 0 Å². The molecule has 5 rings (SSSR count). The Bertz CT molecular complexity index is 834. The van der Waals surface area contributed by atoms with Gasteiger partial charge in [-0.15, -0.1) is 0 Å². The maximum absolute atomic E-state index is 13.0. The molecule has 3 fully saturated rings. The van der Waals surface area contributed by atoms with Crippen molar-refractivity contribution in [3.63, 3.8) is 0 Å². The predicted octanol–water partition coefficient (Wildman–Crippen LogP) is 2.12. The number of fused-ring (bicyclic) bond motifs is 3. The summed E-state index contributed by atoms with van der Waals surface area (Å²) < 4.78 is 0. The number of hydrogen-bond acceptors (Lipinski definition) is 5. The molecule has 28 heavy (non-hydrogen) atoms. The van der Waals surface area contributed by atoms with E-state index in [1.165, 1.54) is 19.3 Å². The second kappa shape index (κ2) is 7.76. The number of pyridine rings is 2. The van der Waals surface area contributed by atoms with Crippen LogP contribution in [0.4, 0.5) is 0 Å². The molecule has 0 aromatic carbocycles. The number of carbonyl (C=O) groups is 1. The Labute approximate surface area is 165 Å². The van der Waals surface area contributed by atoms with Gasteiger partial charge in [-0.3, -0.25) is 4.79 Å². The summed E-state index contributed by atoms with van der Waals surface area (Å²) in [6, 6.07) is 8.14. The van der Waals surface area contributed by atoms with E-state index in [0.29, 0.717) is 17.4 Å². The van der Waals surface area contributed by atoms with Crippen LogP contribution in [0.5, 0.6) is 0 Å². The molecule has 1 aliphatic carbocycles. The van der Waals surface area contributed by atoms with E-state index >= 15 is 0 Å². The van der Waals surface area contributed by atoms with Gasteiger partial charge in [-0.25, -0.2) is 9.97 Å². The number of nitrogens with one attached hydrogen (secondary N) is 3. The van der Waals surface area contributed by atoms with E-state index in [2.05, 4.69) is 25.9 Å². The van der Waals surface area contributed by atoms with E-state index in [0.717, 1.165) is 55.6 Å². The van der Waals surface area contributed by atoms with Crippen molar-refractivity contribution in [2.75, 3.05) is 19.6 Å². The fourth-order valence-electron chi connectivity index (χ4n) is 5.58. The van der Waals surface area contributed by atoms with Crippen LogP contribution >= 0.6 is 0 Å².